The van der Waals surface area contributed by atoms with Gasteiger partial charge in [0.15, 0.2) is 5.78 Å². The maximum Gasteiger partial charge on any atom is 0.177 e. The third kappa shape index (κ3) is 3.29. The van der Waals surface area contributed by atoms with Gasteiger partial charge in [-0.2, -0.15) is 0 Å². The molecule has 14 heavy (non-hydrogen) atoms. The predicted molar refractivity (Wildman–Crippen MR) is 45.2 cm³/mol. The second-order valence-corrected chi connectivity index (χ2v) is 2.88. The number of Topliss-reactive ketones (excluding diaryl/α,β-unsaturated/α-hetero) is 1. The summed E-state index contributed by atoms with van der Waals surface area (Å²) in [6, 6.07) is -1.49. The number of ketones is 1. The molecular weight excluding hydrogens is 194 g/mol. The first-order chi connectivity index (χ1) is 6.45. The SMILES string of the molecule is N[C@@H](C(=O)CO)[C@@H](O)[C@H](O)[C@H](O)CO. The highest BCUT2D eigenvalue weighted by atomic mass is 16.4. The first-order valence-electron chi connectivity index (χ1n) is 3.99. The van der Waals surface area contributed by atoms with Gasteiger partial charge in [0.25, 0.3) is 0 Å². The molecule has 0 unspecified atom stereocenters. The summed E-state index contributed by atoms with van der Waals surface area (Å²) >= 11 is 0. The molecule has 0 radical (unpaired) electrons. The molecular formula is C7H15NO6. The molecule has 0 fully saturated rings. The number of carbonyl (C=O) groups is 1. The number of aliphatic hydroxyl groups is 5. The average molecular weight is 209 g/mol. The first kappa shape index (κ1) is 13.4. The summed E-state index contributed by atoms with van der Waals surface area (Å²) in [5, 5.41) is 44.1. The van der Waals surface area contributed by atoms with Crippen molar-refractivity contribution in [3.05, 3.63) is 0 Å². The minimum atomic E-state index is -1.73. The van der Waals surface area contributed by atoms with E-state index in [0.29, 0.717) is 0 Å². The average Bonchev–Trinajstić information content (AvgIpc) is 2.23. The highest BCUT2D eigenvalue weighted by Gasteiger charge is 2.32. The molecule has 0 aliphatic rings. The molecule has 7 nitrogen and oxygen atoms in total. The van der Waals surface area contributed by atoms with Crippen molar-refractivity contribution in [2.75, 3.05) is 13.2 Å². The number of hydrogen-bond acceptors (Lipinski definition) is 7. The summed E-state index contributed by atoms with van der Waals surface area (Å²) in [7, 11) is 0. The van der Waals surface area contributed by atoms with Gasteiger partial charge in [0.1, 0.15) is 24.9 Å². The Bertz CT molecular complexity index is 187. The van der Waals surface area contributed by atoms with Crippen molar-refractivity contribution in [3.63, 3.8) is 0 Å². The van der Waals surface area contributed by atoms with Crippen LogP contribution in [0.4, 0.5) is 0 Å². The molecule has 7 heteroatoms. The monoisotopic (exact) mass is 209 g/mol. The van der Waals surface area contributed by atoms with Gasteiger partial charge in [-0.15, -0.1) is 0 Å². The van der Waals surface area contributed by atoms with E-state index in [9.17, 15) is 9.90 Å². The van der Waals surface area contributed by atoms with E-state index < -0.39 is 43.4 Å². The van der Waals surface area contributed by atoms with Crippen molar-refractivity contribution < 1.29 is 30.3 Å². The van der Waals surface area contributed by atoms with Gasteiger partial charge >= 0.3 is 0 Å². The number of rotatable bonds is 6. The lowest BCUT2D eigenvalue weighted by atomic mass is 9.99. The van der Waals surface area contributed by atoms with Crippen LogP contribution in [0, 0.1) is 0 Å². The lowest BCUT2D eigenvalue weighted by Crippen LogP contribution is -2.53. The Balaban J connectivity index is 4.30. The van der Waals surface area contributed by atoms with Crippen LogP contribution in [0.25, 0.3) is 0 Å². The highest BCUT2D eigenvalue weighted by molar-refractivity contribution is 5.85. The maximum atomic E-state index is 10.8. The smallest absolute Gasteiger partial charge is 0.177 e. The Morgan fingerprint density at radius 3 is 2.00 bits per heavy atom. The summed E-state index contributed by atoms with van der Waals surface area (Å²) in [5.74, 6) is -0.860. The molecule has 0 saturated carbocycles. The molecule has 0 bridgehead atoms. The summed E-state index contributed by atoms with van der Waals surface area (Å²) < 4.78 is 0. The largest absolute Gasteiger partial charge is 0.394 e. The second-order valence-electron chi connectivity index (χ2n) is 2.88. The molecule has 0 saturated heterocycles. The molecule has 0 aromatic heterocycles. The van der Waals surface area contributed by atoms with Crippen molar-refractivity contribution >= 4 is 5.78 Å². The normalized spacial score (nSPS) is 19.9. The Kier molecular flexibility index (Phi) is 5.77. The van der Waals surface area contributed by atoms with Crippen molar-refractivity contribution in [3.8, 4) is 0 Å². The van der Waals surface area contributed by atoms with Crippen LogP contribution in [0.3, 0.4) is 0 Å². The lowest BCUT2D eigenvalue weighted by Gasteiger charge is -2.24. The molecule has 7 N–H and O–H groups in total. The van der Waals surface area contributed by atoms with Crippen molar-refractivity contribution in [1.29, 1.82) is 0 Å². The van der Waals surface area contributed by atoms with Gasteiger partial charge in [-0.05, 0) is 0 Å². The van der Waals surface area contributed by atoms with Crippen LogP contribution in [-0.2, 0) is 4.79 Å². The van der Waals surface area contributed by atoms with E-state index in [0.717, 1.165) is 0 Å². The minimum Gasteiger partial charge on any atom is -0.394 e. The Labute approximate surface area is 80.4 Å². The zero-order valence-corrected chi connectivity index (χ0v) is 7.45. The Morgan fingerprint density at radius 2 is 1.64 bits per heavy atom. The van der Waals surface area contributed by atoms with E-state index in [1.54, 1.807) is 0 Å². The third-order valence-corrected chi connectivity index (χ3v) is 1.83. The summed E-state index contributed by atoms with van der Waals surface area (Å²) in [4.78, 5) is 10.8. The van der Waals surface area contributed by atoms with Crippen LogP contribution in [0.2, 0.25) is 0 Å². The molecule has 84 valence electrons. The van der Waals surface area contributed by atoms with Crippen molar-refractivity contribution in [1.82, 2.24) is 0 Å². The third-order valence-electron chi connectivity index (χ3n) is 1.83. The molecule has 0 aliphatic heterocycles. The van der Waals surface area contributed by atoms with Crippen LogP contribution in [-0.4, -0.2) is 68.9 Å². The van der Waals surface area contributed by atoms with E-state index in [2.05, 4.69) is 0 Å². The number of hydrogen-bond donors (Lipinski definition) is 6. The summed E-state index contributed by atoms with van der Waals surface area (Å²) in [5.41, 5.74) is 5.15. The molecule has 0 spiro atoms. The number of carbonyl (C=O) groups excluding carboxylic acids is 1. The van der Waals surface area contributed by atoms with Crippen LogP contribution < -0.4 is 5.73 Å². The van der Waals surface area contributed by atoms with Gasteiger partial charge in [0.2, 0.25) is 0 Å². The van der Waals surface area contributed by atoms with Crippen molar-refractivity contribution in [2.24, 2.45) is 5.73 Å². The fraction of sp³-hybridized carbons (Fsp3) is 0.857. The van der Waals surface area contributed by atoms with E-state index in [1.165, 1.54) is 0 Å². The lowest BCUT2D eigenvalue weighted by molar-refractivity contribution is -0.131. The predicted octanol–water partition coefficient (Wildman–Crippen LogP) is -4.05. The van der Waals surface area contributed by atoms with Gasteiger partial charge in [-0.25, -0.2) is 0 Å². The molecule has 0 rings (SSSR count). The Hall–Kier alpha value is -0.570. The first-order valence-corrected chi connectivity index (χ1v) is 3.99. The topological polar surface area (TPSA) is 144 Å². The van der Waals surface area contributed by atoms with Gasteiger partial charge in [0.05, 0.1) is 12.6 Å². The van der Waals surface area contributed by atoms with Gasteiger partial charge < -0.3 is 31.3 Å². The molecule has 0 amide bonds. The van der Waals surface area contributed by atoms with E-state index >= 15 is 0 Å². The quantitative estimate of drug-likeness (QED) is 0.261. The van der Waals surface area contributed by atoms with Gasteiger partial charge in [-0.1, -0.05) is 0 Å². The van der Waals surface area contributed by atoms with E-state index in [4.69, 9.17) is 26.2 Å². The zero-order chi connectivity index (χ0) is 11.3. The summed E-state index contributed by atoms with van der Waals surface area (Å²) in [6.45, 7) is -1.63. The van der Waals surface area contributed by atoms with Crippen LogP contribution >= 0.6 is 0 Å². The van der Waals surface area contributed by atoms with Crippen LogP contribution in [0.15, 0.2) is 0 Å². The van der Waals surface area contributed by atoms with Crippen LogP contribution in [0.5, 0.6) is 0 Å². The molecule has 0 aromatic carbocycles. The number of nitrogens with two attached hydrogens (primary N) is 1. The molecule has 0 aliphatic carbocycles. The van der Waals surface area contributed by atoms with E-state index in [1.807, 2.05) is 0 Å². The Morgan fingerprint density at radius 1 is 1.14 bits per heavy atom. The van der Waals surface area contributed by atoms with Crippen molar-refractivity contribution in [2.45, 2.75) is 24.4 Å². The van der Waals surface area contributed by atoms with E-state index in [-0.39, 0.29) is 0 Å². The van der Waals surface area contributed by atoms with Crippen LogP contribution in [0.1, 0.15) is 0 Å². The van der Waals surface area contributed by atoms with Gasteiger partial charge in [-0.3, -0.25) is 4.79 Å². The fourth-order valence-electron chi connectivity index (χ4n) is 0.844. The molecule has 4 atom stereocenters. The minimum absolute atomic E-state index is 0.766. The summed E-state index contributed by atoms with van der Waals surface area (Å²) in [6.07, 6.45) is -5.04. The molecule has 0 aromatic rings. The zero-order valence-electron chi connectivity index (χ0n) is 7.45. The standard InChI is InChI=1S/C7H15NO6/c8-5(3(11)1-9)7(14)6(13)4(12)2-10/h4-7,9-10,12-14H,1-2,8H2/t4-,5+,6-,7-/m1/s1. The number of aliphatic hydroxyl groups excluding tert-OH is 5. The highest BCUT2D eigenvalue weighted by Crippen LogP contribution is 2.04. The maximum absolute atomic E-state index is 10.8. The van der Waals surface area contributed by atoms with Gasteiger partial charge in [0, 0.05) is 0 Å². The molecule has 0 heterocycles. The fourth-order valence-corrected chi connectivity index (χ4v) is 0.844. The second kappa shape index (κ2) is 6.02.